The number of carbonyl (C=O) groups excluding carboxylic acids is 3. The monoisotopic (exact) mass is 440 g/mol. The van der Waals surface area contributed by atoms with Gasteiger partial charge in [0.2, 0.25) is 17.7 Å². The first kappa shape index (κ1) is 26.0. The molecule has 0 heterocycles. The minimum atomic E-state index is -1.59. The average Bonchev–Trinajstić information content (AvgIpc) is 2.74. The molecular weight excluding hydrogens is 412 g/mol. The molecule has 1 aromatic rings. The summed E-state index contributed by atoms with van der Waals surface area (Å²) in [5, 5.41) is 43.7. The van der Waals surface area contributed by atoms with Crippen LogP contribution >= 0.6 is 0 Å². The zero-order valence-electron chi connectivity index (χ0n) is 16.9. The third-order valence-electron chi connectivity index (χ3n) is 4.31. The number of rotatable bonds is 12. The molecule has 5 atom stereocenters. The molecule has 0 saturated heterocycles. The molecule has 31 heavy (non-hydrogen) atoms. The molecule has 0 aliphatic heterocycles. The van der Waals surface area contributed by atoms with Crippen LogP contribution in [-0.4, -0.2) is 87.6 Å². The second-order valence-corrected chi connectivity index (χ2v) is 6.85. The van der Waals surface area contributed by atoms with Crippen molar-refractivity contribution < 1.29 is 39.6 Å². The van der Waals surface area contributed by atoms with Crippen molar-refractivity contribution in [1.29, 1.82) is 0 Å². The lowest BCUT2D eigenvalue weighted by atomic mass is 10.0. The van der Waals surface area contributed by atoms with E-state index in [2.05, 4.69) is 16.0 Å². The van der Waals surface area contributed by atoms with E-state index in [-0.39, 0.29) is 6.42 Å². The molecular formula is C19H28N4O8. The van der Waals surface area contributed by atoms with Crippen LogP contribution in [0, 0.1) is 0 Å². The van der Waals surface area contributed by atoms with Crippen molar-refractivity contribution in [3.63, 3.8) is 0 Å². The van der Waals surface area contributed by atoms with Crippen molar-refractivity contribution >= 4 is 23.7 Å². The summed E-state index contributed by atoms with van der Waals surface area (Å²) in [7, 11) is 0. The fraction of sp³-hybridized carbons (Fsp3) is 0.474. The summed E-state index contributed by atoms with van der Waals surface area (Å²) in [4.78, 5) is 48.3. The molecule has 1 aromatic carbocycles. The maximum absolute atomic E-state index is 12.7. The molecule has 0 bridgehead atoms. The second-order valence-electron chi connectivity index (χ2n) is 6.85. The third-order valence-corrected chi connectivity index (χ3v) is 4.31. The molecule has 0 aliphatic rings. The number of hydrogen-bond acceptors (Lipinski definition) is 8. The van der Waals surface area contributed by atoms with E-state index in [9.17, 15) is 24.3 Å². The number of aliphatic carboxylic acids is 1. The summed E-state index contributed by atoms with van der Waals surface area (Å²) in [6, 6.07) is 2.83. The minimum Gasteiger partial charge on any atom is -0.480 e. The first-order valence-electron chi connectivity index (χ1n) is 9.43. The van der Waals surface area contributed by atoms with Gasteiger partial charge in [0.15, 0.2) is 0 Å². The number of benzene rings is 1. The maximum Gasteiger partial charge on any atom is 0.328 e. The van der Waals surface area contributed by atoms with Gasteiger partial charge in [0.1, 0.15) is 24.2 Å². The van der Waals surface area contributed by atoms with Crippen LogP contribution < -0.4 is 21.7 Å². The number of nitrogens with one attached hydrogen (secondary N) is 3. The quantitative estimate of drug-likeness (QED) is 0.161. The first-order valence-corrected chi connectivity index (χ1v) is 9.43. The van der Waals surface area contributed by atoms with E-state index in [0.29, 0.717) is 5.56 Å². The highest BCUT2D eigenvalue weighted by atomic mass is 16.4. The number of carboxylic acid groups (broad SMARTS) is 1. The zero-order valence-corrected chi connectivity index (χ0v) is 16.9. The molecule has 1 rings (SSSR count). The molecule has 9 N–H and O–H groups in total. The van der Waals surface area contributed by atoms with E-state index < -0.39 is 67.2 Å². The lowest BCUT2D eigenvalue weighted by Crippen LogP contribution is -2.60. The molecule has 0 fully saturated rings. The number of carbonyl (C=O) groups is 4. The average molecular weight is 440 g/mol. The van der Waals surface area contributed by atoms with Crippen molar-refractivity contribution in [3.05, 3.63) is 35.9 Å². The Labute approximate surface area is 178 Å². The van der Waals surface area contributed by atoms with Gasteiger partial charge in [0.25, 0.3) is 0 Å². The Morgan fingerprint density at radius 2 is 1.48 bits per heavy atom. The topological polar surface area (TPSA) is 211 Å². The largest absolute Gasteiger partial charge is 0.480 e. The van der Waals surface area contributed by atoms with Gasteiger partial charge in [-0.2, -0.15) is 0 Å². The van der Waals surface area contributed by atoms with E-state index in [4.69, 9.17) is 21.1 Å². The Hall–Kier alpha value is -3.06. The number of aliphatic hydroxyl groups is 3. The number of carboxylic acids is 1. The van der Waals surface area contributed by atoms with Crippen LogP contribution in [0.5, 0.6) is 0 Å². The predicted molar refractivity (Wildman–Crippen MR) is 107 cm³/mol. The molecule has 0 aromatic heterocycles. The van der Waals surface area contributed by atoms with Crippen LogP contribution in [0.15, 0.2) is 30.3 Å². The van der Waals surface area contributed by atoms with Crippen LogP contribution in [0.1, 0.15) is 12.5 Å². The number of aliphatic hydroxyl groups excluding tert-OH is 3. The van der Waals surface area contributed by atoms with Gasteiger partial charge in [0, 0.05) is 6.42 Å². The minimum absolute atomic E-state index is 0.0349. The van der Waals surface area contributed by atoms with Gasteiger partial charge in [-0.05, 0) is 12.5 Å². The summed E-state index contributed by atoms with van der Waals surface area (Å²) in [5.74, 6) is -4.17. The third kappa shape index (κ3) is 8.30. The van der Waals surface area contributed by atoms with Crippen molar-refractivity contribution in [3.8, 4) is 0 Å². The first-order chi connectivity index (χ1) is 14.6. The van der Waals surface area contributed by atoms with Gasteiger partial charge in [-0.3, -0.25) is 14.4 Å². The van der Waals surface area contributed by atoms with Gasteiger partial charge >= 0.3 is 5.97 Å². The van der Waals surface area contributed by atoms with E-state index in [1.54, 1.807) is 30.3 Å². The molecule has 5 unspecified atom stereocenters. The highest BCUT2D eigenvalue weighted by Crippen LogP contribution is 2.05. The highest BCUT2D eigenvalue weighted by molar-refractivity contribution is 5.94. The van der Waals surface area contributed by atoms with Crippen LogP contribution in [-0.2, 0) is 25.6 Å². The lowest BCUT2D eigenvalue weighted by molar-refractivity contribution is -0.143. The standard InChI is InChI=1S/C19H28N4O8/c1-10(26)15(23-16(27)12(20)8-24)18(29)21-13(7-11-5-3-2-4-6-11)17(28)22-14(9-25)19(30)31/h2-6,10,12-15,24-26H,7-9,20H2,1H3,(H,21,29)(H,22,28)(H,23,27)(H,30,31). The fourth-order valence-electron chi connectivity index (χ4n) is 2.53. The molecule has 12 nitrogen and oxygen atoms in total. The Bertz CT molecular complexity index is 759. The summed E-state index contributed by atoms with van der Waals surface area (Å²) in [6.07, 6.45) is -1.41. The Balaban J connectivity index is 3.04. The summed E-state index contributed by atoms with van der Waals surface area (Å²) in [5.41, 5.74) is 6.03. The normalized spacial score (nSPS) is 15.6. The summed E-state index contributed by atoms with van der Waals surface area (Å²) < 4.78 is 0. The fourth-order valence-corrected chi connectivity index (χ4v) is 2.53. The van der Waals surface area contributed by atoms with Gasteiger partial charge in [-0.25, -0.2) is 4.79 Å². The zero-order chi connectivity index (χ0) is 23.6. The Morgan fingerprint density at radius 3 is 1.97 bits per heavy atom. The number of amides is 3. The lowest BCUT2D eigenvalue weighted by Gasteiger charge is -2.26. The second kappa shape index (κ2) is 12.6. The van der Waals surface area contributed by atoms with Crippen molar-refractivity contribution in [2.45, 2.75) is 43.6 Å². The number of hydrogen-bond donors (Lipinski definition) is 8. The molecule has 3 amide bonds. The molecule has 0 spiro atoms. The SMILES string of the molecule is CC(O)C(NC(=O)C(N)CO)C(=O)NC(Cc1ccccc1)C(=O)NC(CO)C(=O)O. The van der Waals surface area contributed by atoms with Crippen LogP contribution in [0.25, 0.3) is 0 Å². The Kier molecular flexibility index (Phi) is 10.6. The van der Waals surface area contributed by atoms with Gasteiger partial charge in [-0.1, -0.05) is 30.3 Å². The van der Waals surface area contributed by atoms with Gasteiger partial charge < -0.3 is 42.1 Å². The summed E-state index contributed by atoms with van der Waals surface area (Å²) >= 11 is 0. The number of nitrogens with two attached hydrogens (primary N) is 1. The molecule has 0 radical (unpaired) electrons. The Morgan fingerprint density at radius 1 is 0.903 bits per heavy atom. The molecule has 0 saturated carbocycles. The van der Waals surface area contributed by atoms with E-state index in [0.717, 1.165) is 0 Å². The predicted octanol–water partition coefficient (Wildman–Crippen LogP) is -3.54. The van der Waals surface area contributed by atoms with Gasteiger partial charge in [0.05, 0.1) is 19.3 Å². The van der Waals surface area contributed by atoms with E-state index in [1.807, 2.05) is 0 Å². The molecule has 12 heteroatoms. The van der Waals surface area contributed by atoms with Crippen molar-refractivity contribution in [2.24, 2.45) is 5.73 Å². The highest BCUT2D eigenvalue weighted by Gasteiger charge is 2.32. The maximum atomic E-state index is 12.7. The van der Waals surface area contributed by atoms with Crippen molar-refractivity contribution in [1.82, 2.24) is 16.0 Å². The smallest absolute Gasteiger partial charge is 0.328 e. The van der Waals surface area contributed by atoms with E-state index >= 15 is 0 Å². The van der Waals surface area contributed by atoms with Crippen LogP contribution in [0.2, 0.25) is 0 Å². The molecule has 172 valence electrons. The van der Waals surface area contributed by atoms with Crippen LogP contribution in [0.3, 0.4) is 0 Å². The molecule has 0 aliphatic carbocycles. The van der Waals surface area contributed by atoms with Crippen molar-refractivity contribution in [2.75, 3.05) is 13.2 Å². The summed E-state index contributed by atoms with van der Waals surface area (Å²) in [6.45, 7) is -0.317. The van der Waals surface area contributed by atoms with Gasteiger partial charge in [-0.15, -0.1) is 0 Å². The van der Waals surface area contributed by atoms with Crippen LogP contribution in [0.4, 0.5) is 0 Å². The van der Waals surface area contributed by atoms with E-state index in [1.165, 1.54) is 6.92 Å².